The first-order chi connectivity index (χ1) is 18.1. The fourth-order valence-electron chi connectivity index (χ4n) is 4.80. The second kappa shape index (κ2) is 12.5. The first-order valence-electron chi connectivity index (χ1n) is 13.1. The molecule has 0 bridgehead atoms. The van der Waals surface area contributed by atoms with Crippen molar-refractivity contribution < 1.29 is 23.6 Å². The van der Waals surface area contributed by atoms with E-state index in [0.29, 0.717) is 41.2 Å². The fourth-order valence-corrected chi connectivity index (χ4v) is 7.04. The molecule has 37 heavy (non-hydrogen) atoms. The van der Waals surface area contributed by atoms with Gasteiger partial charge in [0, 0.05) is 18.9 Å². The van der Waals surface area contributed by atoms with Gasteiger partial charge in [0.25, 0.3) is 5.91 Å². The number of aromatic nitrogens is 2. The van der Waals surface area contributed by atoms with Gasteiger partial charge in [0.05, 0.1) is 25.9 Å². The number of rotatable bonds is 9. The summed E-state index contributed by atoms with van der Waals surface area (Å²) >= 11 is 0.207. The Hall–Kier alpha value is -2.24. The number of nitrogens with zero attached hydrogens (tertiary/aromatic N) is 2. The molecule has 2 fully saturated rings. The number of fused-ring (bicyclic) bond motifs is 1. The molecule has 1 aliphatic carbocycles. The molecule has 10 heteroatoms. The minimum Gasteiger partial charge on any atom is -0.611 e. The van der Waals surface area contributed by atoms with Crippen molar-refractivity contribution >= 4 is 43.9 Å². The van der Waals surface area contributed by atoms with E-state index in [2.05, 4.69) is 15.3 Å². The van der Waals surface area contributed by atoms with Gasteiger partial charge in [-0.3, -0.25) is 10.1 Å². The Balaban J connectivity index is 1.34. The van der Waals surface area contributed by atoms with Gasteiger partial charge in [-0.25, -0.2) is 9.97 Å². The van der Waals surface area contributed by atoms with Crippen molar-refractivity contribution in [2.24, 2.45) is 0 Å². The molecule has 2 atom stereocenters. The van der Waals surface area contributed by atoms with E-state index in [1.807, 2.05) is 37.3 Å². The van der Waals surface area contributed by atoms with E-state index in [1.54, 1.807) is 6.07 Å². The van der Waals surface area contributed by atoms with E-state index in [4.69, 9.17) is 14.2 Å². The highest BCUT2D eigenvalue weighted by atomic mass is 32.2. The van der Waals surface area contributed by atoms with E-state index in [0.717, 1.165) is 49.0 Å². The number of hydrogen-bond donors (Lipinski definition) is 1. The monoisotopic (exact) mass is 543 g/mol. The number of nitrogens with one attached hydrogen (secondary N) is 1. The van der Waals surface area contributed by atoms with Crippen LogP contribution < -0.4 is 10.1 Å². The number of carbonyl (C=O) groups excluding carboxylic acids is 1. The lowest BCUT2D eigenvalue weighted by atomic mass is 9.97. The van der Waals surface area contributed by atoms with Crippen molar-refractivity contribution in [2.75, 3.05) is 25.1 Å². The van der Waals surface area contributed by atoms with E-state index < -0.39 is 17.3 Å². The SMILES string of the molecule is CCOc1ccc2nc(NC(=O)C(OC3CCCCC3)c3ccc([S+]([O-])C4CCOCC4)cc3)sc2n1. The first-order valence-corrected chi connectivity index (χ1v) is 15.1. The molecule has 1 N–H and O–H groups in total. The van der Waals surface area contributed by atoms with Crippen LogP contribution in [0.5, 0.6) is 5.88 Å². The number of amides is 1. The largest absolute Gasteiger partial charge is 0.611 e. The van der Waals surface area contributed by atoms with Crippen molar-refractivity contribution in [3.63, 3.8) is 0 Å². The topological polar surface area (TPSA) is 106 Å². The van der Waals surface area contributed by atoms with Gasteiger partial charge in [-0.1, -0.05) is 42.7 Å². The Kier molecular flexibility index (Phi) is 8.93. The summed E-state index contributed by atoms with van der Waals surface area (Å²) in [6.45, 7) is 3.74. The highest BCUT2D eigenvalue weighted by Gasteiger charge is 2.30. The number of hydrogen-bond acceptors (Lipinski definition) is 8. The van der Waals surface area contributed by atoms with Crippen molar-refractivity contribution in [3.05, 3.63) is 42.0 Å². The third-order valence-corrected chi connectivity index (χ3v) is 9.45. The maximum absolute atomic E-state index is 13.5. The summed E-state index contributed by atoms with van der Waals surface area (Å²) in [4.78, 5) is 24.0. The minimum absolute atomic E-state index is 0.0336. The van der Waals surface area contributed by atoms with Crippen molar-refractivity contribution in [2.45, 2.75) is 74.2 Å². The molecule has 1 aliphatic heterocycles. The summed E-state index contributed by atoms with van der Waals surface area (Å²) in [6.07, 6.45) is 6.15. The van der Waals surface area contributed by atoms with Crippen molar-refractivity contribution in [3.8, 4) is 5.88 Å². The summed E-state index contributed by atoms with van der Waals surface area (Å²) in [5.74, 6) is 0.265. The molecular weight excluding hydrogens is 510 g/mol. The van der Waals surface area contributed by atoms with Crippen LogP contribution in [0.3, 0.4) is 0 Å². The van der Waals surface area contributed by atoms with Crippen LogP contribution in [0, 0.1) is 0 Å². The van der Waals surface area contributed by atoms with Gasteiger partial charge in [-0.05, 0) is 54.7 Å². The average molecular weight is 544 g/mol. The highest BCUT2D eigenvalue weighted by Crippen LogP contribution is 2.32. The first kappa shape index (κ1) is 26.4. The van der Waals surface area contributed by atoms with Crippen LogP contribution in [-0.2, 0) is 25.4 Å². The van der Waals surface area contributed by atoms with Crippen LogP contribution in [0.4, 0.5) is 5.13 Å². The number of pyridine rings is 1. The molecule has 1 saturated carbocycles. The molecule has 1 aromatic carbocycles. The second-order valence-corrected chi connectivity index (χ2v) is 12.1. The lowest BCUT2D eigenvalue weighted by Gasteiger charge is -2.27. The molecule has 2 aliphatic rings. The quantitative estimate of drug-likeness (QED) is 0.360. The van der Waals surface area contributed by atoms with E-state index in [9.17, 15) is 9.35 Å². The summed E-state index contributed by atoms with van der Waals surface area (Å²) in [7, 11) is 0. The molecular formula is C27H33N3O5S2. The number of carbonyl (C=O) groups is 1. The van der Waals surface area contributed by atoms with Crippen LogP contribution >= 0.6 is 11.3 Å². The zero-order chi connectivity index (χ0) is 25.6. The standard InChI is InChI=1S/C27H33N3O5S2/c1-2-34-23-13-12-22-26(29-23)36-27(28-22)30-25(31)24(35-19-6-4-3-5-7-19)18-8-10-20(11-9-18)37(32)21-14-16-33-17-15-21/h8-13,19,21,24H,2-7,14-17H2,1H3,(H,28,30,31). The van der Waals surface area contributed by atoms with Gasteiger partial charge in [0.15, 0.2) is 16.1 Å². The Morgan fingerprint density at radius 3 is 2.59 bits per heavy atom. The van der Waals surface area contributed by atoms with E-state index in [-0.39, 0.29) is 17.3 Å². The smallest absolute Gasteiger partial charge is 0.259 e. The molecule has 1 saturated heterocycles. The summed E-state index contributed by atoms with van der Waals surface area (Å²) in [5, 5.41) is 3.52. The predicted octanol–water partition coefficient (Wildman–Crippen LogP) is 5.41. The highest BCUT2D eigenvalue weighted by molar-refractivity contribution is 7.92. The third kappa shape index (κ3) is 6.61. The maximum atomic E-state index is 13.5. The van der Waals surface area contributed by atoms with Crippen molar-refractivity contribution in [1.82, 2.24) is 9.97 Å². The second-order valence-electron chi connectivity index (χ2n) is 9.37. The minimum atomic E-state index is -1.10. The summed E-state index contributed by atoms with van der Waals surface area (Å²) < 4.78 is 30.3. The number of thiazole rings is 1. The summed E-state index contributed by atoms with van der Waals surface area (Å²) in [5.41, 5.74) is 1.45. The molecule has 0 spiro atoms. The molecule has 5 rings (SSSR count). The molecule has 0 radical (unpaired) electrons. The molecule has 2 unspecified atom stereocenters. The van der Waals surface area contributed by atoms with Crippen LogP contribution in [0.25, 0.3) is 10.3 Å². The average Bonchev–Trinajstić information content (AvgIpc) is 3.34. The van der Waals surface area contributed by atoms with Crippen LogP contribution in [0.2, 0.25) is 0 Å². The van der Waals surface area contributed by atoms with Gasteiger partial charge in [-0.15, -0.1) is 0 Å². The molecule has 2 aromatic heterocycles. The lowest BCUT2D eigenvalue weighted by Crippen LogP contribution is -2.29. The van der Waals surface area contributed by atoms with Crippen LogP contribution in [0.15, 0.2) is 41.3 Å². The number of ether oxygens (including phenoxy) is 3. The predicted molar refractivity (Wildman–Crippen MR) is 145 cm³/mol. The Bertz CT molecular complexity index is 1180. The zero-order valence-electron chi connectivity index (χ0n) is 21.0. The van der Waals surface area contributed by atoms with Gasteiger partial charge in [-0.2, -0.15) is 0 Å². The number of benzene rings is 1. The molecule has 198 valence electrons. The van der Waals surface area contributed by atoms with Gasteiger partial charge < -0.3 is 18.8 Å². The van der Waals surface area contributed by atoms with Crippen molar-refractivity contribution in [1.29, 1.82) is 0 Å². The number of anilines is 1. The van der Waals surface area contributed by atoms with E-state index >= 15 is 0 Å². The Labute approximate surface area is 224 Å². The van der Waals surface area contributed by atoms with Crippen LogP contribution in [-0.4, -0.2) is 51.6 Å². The molecule has 3 aromatic rings. The van der Waals surface area contributed by atoms with E-state index in [1.165, 1.54) is 17.8 Å². The van der Waals surface area contributed by atoms with Gasteiger partial charge >= 0.3 is 0 Å². The Morgan fingerprint density at radius 1 is 1.11 bits per heavy atom. The normalized spacial score (nSPS) is 19.0. The van der Waals surface area contributed by atoms with Gasteiger partial charge in [0.1, 0.15) is 15.6 Å². The third-order valence-electron chi connectivity index (χ3n) is 6.76. The molecule has 8 nitrogen and oxygen atoms in total. The molecule has 3 heterocycles. The van der Waals surface area contributed by atoms with Gasteiger partial charge in [0.2, 0.25) is 5.88 Å². The van der Waals surface area contributed by atoms with Crippen LogP contribution in [0.1, 0.15) is 63.5 Å². The Morgan fingerprint density at radius 2 is 1.86 bits per heavy atom. The lowest BCUT2D eigenvalue weighted by molar-refractivity contribution is -0.133. The zero-order valence-corrected chi connectivity index (χ0v) is 22.7. The fraction of sp³-hybridized carbons (Fsp3) is 0.519. The summed E-state index contributed by atoms with van der Waals surface area (Å²) in [6, 6.07) is 11.1. The maximum Gasteiger partial charge on any atom is 0.259 e. The molecule has 1 amide bonds.